The highest BCUT2D eigenvalue weighted by molar-refractivity contribution is 7.17. The van der Waals surface area contributed by atoms with Gasteiger partial charge in [0.05, 0.1) is 0 Å². The summed E-state index contributed by atoms with van der Waals surface area (Å²) in [5, 5.41) is 2.94. The molecule has 0 atom stereocenters. The fraction of sp³-hybridized carbons (Fsp3) is 0.286. The maximum atomic E-state index is 2.40. The van der Waals surface area contributed by atoms with Crippen molar-refractivity contribution in [1.29, 1.82) is 0 Å². The van der Waals surface area contributed by atoms with E-state index in [1.54, 1.807) is 5.57 Å². The molecular formula is C14H14S. The van der Waals surface area contributed by atoms with Crippen LogP contribution >= 0.6 is 11.3 Å². The summed E-state index contributed by atoms with van der Waals surface area (Å²) in [6.45, 7) is 4.44. The second kappa shape index (κ2) is 3.21. The summed E-state index contributed by atoms with van der Waals surface area (Å²) in [6, 6.07) is 6.79. The molecule has 2 aromatic rings. The summed E-state index contributed by atoms with van der Waals surface area (Å²) < 4.78 is 2.95. The maximum Gasteiger partial charge on any atom is 0.0355 e. The van der Waals surface area contributed by atoms with Crippen molar-refractivity contribution in [3.63, 3.8) is 0 Å². The van der Waals surface area contributed by atoms with Crippen molar-refractivity contribution in [3.8, 4) is 0 Å². The molecule has 76 valence electrons. The second-order valence-electron chi connectivity index (χ2n) is 4.37. The minimum Gasteiger partial charge on any atom is -0.135 e. The van der Waals surface area contributed by atoms with Crippen molar-refractivity contribution in [1.82, 2.24) is 0 Å². The molecule has 1 aliphatic rings. The molecular weight excluding hydrogens is 200 g/mol. The zero-order chi connectivity index (χ0) is 10.4. The summed E-state index contributed by atoms with van der Waals surface area (Å²) in [4.78, 5) is 0. The van der Waals surface area contributed by atoms with Crippen LogP contribution in [0.3, 0.4) is 0 Å². The highest BCUT2D eigenvalue weighted by Crippen LogP contribution is 2.18. The predicted octanol–water partition coefficient (Wildman–Crippen LogP) is 2.95. The lowest BCUT2D eigenvalue weighted by Gasteiger charge is -2.01. The molecule has 0 N–H and O–H groups in total. The molecule has 0 saturated carbocycles. The van der Waals surface area contributed by atoms with E-state index in [1.807, 2.05) is 11.3 Å². The third-order valence-corrected chi connectivity index (χ3v) is 4.49. The minimum absolute atomic E-state index is 1.21. The van der Waals surface area contributed by atoms with Crippen LogP contribution in [0.15, 0.2) is 18.2 Å². The van der Waals surface area contributed by atoms with Gasteiger partial charge < -0.3 is 0 Å². The first-order valence-electron chi connectivity index (χ1n) is 5.45. The largest absolute Gasteiger partial charge is 0.135 e. The van der Waals surface area contributed by atoms with E-state index in [0.717, 1.165) is 0 Å². The van der Waals surface area contributed by atoms with Crippen molar-refractivity contribution < 1.29 is 0 Å². The van der Waals surface area contributed by atoms with Crippen LogP contribution in [0.25, 0.3) is 21.7 Å². The van der Waals surface area contributed by atoms with Gasteiger partial charge in [-0.25, -0.2) is 0 Å². The molecule has 0 unspecified atom stereocenters. The standard InChI is InChI=1S/C14H14S/c1-9-6-7-13-12(8-9)11-5-3-4-10(2)14(11)15-13/h5-8H,3-4H2,1-2H3. The Morgan fingerprint density at radius 2 is 2.07 bits per heavy atom. The van der Waals surface area contributed by atoms with Crippen molar-refractivity contribution >= 4 is 33.1 Å². The van der Waals surface area contributed by atoms with E-state index in [0.29, 0.717) is 0 Å². The molecule has 0 spiro atoms. The fourth-order valence-corrected chi connectivity index (χ4v) is 3.51. The highest BCUT2D eigenvalue weighted by Gasteiger charge is 2.06. The highest BCUT2D eigenvalue weighted by atomic mass is 32.1. The van der Waals surface area contributed by atoms with Gasteiger partial charge in [-0.15, -0.1) is 11.3 Å². The monoisotopic (exact) mass is 214 g/mol. The predicted molar refractivity (Wildman–Crippen MR) is 68.6 cm³/mol. The molecule has 1 aliphatic carbocycles. The van der Waals surface area contributed by atoms with Gasteiger partial charge in [0.2, 0.25) is 0 Å². The third-order valence-electron chi connectivity index (χ3n) is 3.14. The van der Waals surface area contributed by atoms with Crippen molar-refractivity contribution in [3.05, 3.63) is 33.5 Å². The molecule has 1 heterocycles. The Balaban J connectivity index is 2.59. The molecule has 0 bridgehead atoms. The van der Waals surface area contributed by atoms with E-state index in [9.17, 15) is 0 Å². The SMILES string of the molecule is CC1=c2sc3ccc(C)cc3c2=CCC1. The van der Waals surface area contributed by atoms with Gasteiger partial charge in [-0.3, -0.25) is 0 Å². The molecule has 1 aromatic carbocycles. The number of hydrogen-bond acceptors (Lipinski definition) is 1. The Morgan fingerprint density at radius 3 is 2.93 bits per heavy atom. The number of thiophene rings is 1. The lowest BCUT2D eigenvalue weighted by molar-refractivity contribution is 1.08. The number of fused-ring (bicyclic) bond motifs is 3. The minimum atomic E-state index is 1.21. The summed E-state index contributed by atoms with van der Waals surface area (Å²) in [5.41, 5.74) is 2.92. The first-order chi connectivity index (χ1) is 7.25. The van der Waals surface area contributed by atoms with Crippen LogP contribution < -0.4 is 9.75 Å². The molecule has 0 radical (unpaired) electrons. The lowest BCUT2D eigenvalue weighted by Crippen LogP contribution is -2.23. The molecule has 3 rings (SSSR count). The molecule has 0 aliphatic heterocycles. The molecule has 0 fully saturated rings. The van der Waals surface area contributed by atoms with Crippen LogP contribution in [0.2, 0.25) is 0 Å². The molecule has 1 heteroatoms. The van der Waals surface area contributed by atoms with Crippen LogP contribution in [-0.4, -0.2) is 0 Å². The molecule has 0 amide bonds. The van der Waals surface area contributed by atoms with Gasteiger partial charge >= 0.3 is 0 Å². The Kier molecular flexibility index (Phi) is 1.96. The van der Waals surface area contributed by atoms with E-state index in [2.05, 4.69) is 38.1 Å². The Bertz CT molecular complexity index is 644. The van der Waals surface area contributed by atoms with E-state index in [1.165, 1.54) is 38.2 Å². The lowest BCUT2D eigenvalue weighted by atomic mass is 10.0. The Hall–Kier alpha value is -1.08. The number of rotatable bonds is 0. The normalized spacial score (nSPS) is 15.2. The summed E-state index contributed by atoms with van der Waals surface area (Å²) in [5.74, 6) is 0. The quantitative estimate of drug-likeness (QED) is 0.632. The average Bonchev–Trinajstić information content (AvgIpc) is 2.58. The number of hydrogen-bond donors (Lipinski definition) is 0. The topological polar surface area (TPSA) is 0 Å². The van der Waals surface area contributed by atoms with Gasteiger partial charge in [0, 0.05) is 14.6 Å². The third kappa shape index (κ3) is 1.34. The van der Waals surface area contributed by atoms with Gasteiger partial charge in [0.25, 0.3) is 0 Å². The first-order valence-corrected chi connectivity index (χ1v) is 6.26. The molecule has 1 aromatic heterocycles. The molecule has 0 nitrogen and oxygen atoms in total. The van der Waals surface area contributed by atoms with Crippen molar-refractivity contribution in [2.45, 2.75) is 26.7 Å². The summed E-state index contributed by atoms with van der Waals surface area (Å²) in [6.07, 6.45) is 4.85. The van der Waals surface area contributed by atoms with Gasteiger partial charge in [-0.05, 0) is 44.0 Å². The zero-order valence-corrected chi connectivity index (χ0v) is 9.95. The van der Waals surface area contributed by atoms with Crippen LogP contribution in [-0.2, 0) is 0 Å². The van der Waals surface area contributed by atoms with Crippen LogP contribution in [0.1, 0.15) is 25.3 Å². The van der Waals surface area contributed by atoms with Gasteiger partial charge in [0.15, 0.2) is 0 Å². The molecule has 0 saturated heterocycles. The zero-order valence-electron chi connectivity index (χ0n) is 9.13. The smallest absolute Gasteiger partial charge is 0.0355 e. The maximum absolute atomic E-state index is 2.40. The Labute approximate surface area is 93.6 Å². The average molecular weight is 214 g/mol. The van der Waals surface area contributed by atoms with Gasteiger partial charge in [-0.2, -0.15) is 0 Å². The molecule has 15 heavy (non-hydrogen) atoms. The van der Waals surface area contributed by atoms with E-state index in [4.69, 9.17) is 0 Å². The number of benzene rings is 1. The van der Waals surface area contributed by atoms with E-state index >= 15 is 0 Å². The van der Waals surface area contributed by atoms with Gasteiger partial charge in [-0.1, -0.05) is 23.3 Å². The van der Waals surface area contributed by atoms with Crippen molar-refractivity contribution in [2.24, 2.45) is 0 Å². The van der Waals surface area contributed by atoms with Crippen LogP contribution in [0, 0.1) is 6.92 Å². The van der Waals surface area contributed by atoms with Gasteiger partial charge in [0.1, 0.15) is 0 Å². The second-order valence-corrected chi connectivity index (χ2v) is 5.42. The van der Waals surface area contributed by atoms with Crippen molar-refractivity contribution in [2.75, 3.05) is 0 Å². The first kappa shape index (κ1) is 9.17. The number of aryl methyl sites for hydroxylation is 1. The van der Waals surface area contributed by atoms with Crippen LogP contribution in [0.4, 0.5) is 0 Å². The van der Waals surface area contributed by atoms with E-state index < -0.39 is 0 Å². The summed E-state index contributed by atoms with van der Waals surface area (Å²) in [7, 11) is 0. The van der Waals surface area contributed by atoms with Crippen LogP contribution in [0.5, 0.6) is 0 Å². The summed E-state index contributed by atoms with van der Waals surface area (Å²) >= 11 is 1.95. The Morgan fingerprint density at radius 1 is 1.20 bits per heavy atom. The fourth-order valence-electron chi connectivity index (χ4n) is 2.30. The van der Waals surface area contributed by atoms with E-state index in [-0.39, 0.29) is 0 Å².